The largest absolute Gasteiger partial charge is 0.466 e. The van der Waals surface area contributed by atoms with E-state index >= 15 is 0 Å². The van der Waals surface area contributed by atoms with E-state index in [0.29, 0.717) is 11.1 Å². The lowest BCUT2D eigenvalue weighted by atomic mass is 9.78. The third kappa shape index (κ3) is 4.95. The van der Waals surface area contributed by atoms with Gasteiger partial charge in [-0.25, -0.2) is 9.59 Å². The van der Waals surface area contributed by atoms with Crippen molar-refractivity contribution < 1.29 is 24.3 Å². The van der Waals surface area contributed by atoms with Gasteiger partial charge in [-0.2, -0.15) is 5.26 Å². The van der Waals surface area contributed by atoms with Crippen LogP contribution in [0.3, 0.4) is 0 Å². The second-order valence-electron chi connectivity index (χ2n) is 5.15. The molecule has 0 radical (unpaired) electrons. The molecule has 8 nitrogen and oxygen atoms in total. The summed E-state index contributed by atoms with van der Waals surface area (Å²) in [6.45, 7) is 0. The first-order valence-electron chi connectivity index (χ1n) is 7.43. The molecule has 0 fully saturated rings. The van der Waals surface area contributed by atoms with Crippen molar-refractivity contribution in [2.75, 3.05) is 14.2 Å². The predicted octanol–water partition coefficient (Wildman–Crippen LogP) is 1.78. The lowest BCUT2D eigenvalue weighted by molar-refractivity contribution is -0.136. The monoisotopic (exact) mass is 357 g/mol. The molecule has 136 valence electrons. The van der Waals surface area contributed by atoms with Crippen LogP contribution in [0.2, 0.25) is 0 Å². The minimum absolute atomic E-state index is 0.0303. The molecule has 8 heteroatoms. The first-order valence-corrected chi connectivity index (χ1v) is 7.43. The van der Waals surface area contributed by atoms with Gasteiger partial charge in [0.05, 0.1) is 25.9 Å². The van der Waals surface area contributed by atoms with E-state index in [-0.39, 0.29) is 18.2 Å². The Bertz CT molecular complexity index is 778. The highest BCUT2D eigenvalue weighted by molar-refractivity contribution is 5.96. The number of oxime groups is 1. The van der Waals surface area contributed by atoms with Crippen molar-refractivity contribution in [2.45, 2.75) is 6.42 Å². The van der Waals surface area contributed by atoms with E-state index in [1.165, 1.54) is 32.4 Å². The number of nitrogens with zero attached hydrogens (tertiary/aromatic N) is 2. The van der Waals surface area contributed by atoms with Crippen LogP contribution in [0.15, 0.2) is 59.3 Å². The average Bonchev–Trinajstić information content (AvgIpc) is 2.72. The summed E-state index contributed by atoms with van der Waals surface area (Å²) < 4.78 is 9.04. The highest BCUT2D eigenvalue weighted by atomic mass is 16.5. The van der Waals surface area contributed by atoms with Crippen LogP contribution in [0.25, 0.3) is 0 Å². The number of carbonyl (C=O) groups excluding carboxylic acids is 2. The molecule has 0 saturated carbocycles. The summed E-state index contributed by atoms with van der Waals surface area (Å²) in [6, 6.07) is 10.8. The van der Waals surface area contributed by atoms with Crippen LogP contribution >= 0.6 is 0 Å². The molecule has 1 aromatic rings. The Morgan fingerprint density at radius 1 is 1.23 bits per heavy atom. The molecule has 2 rings (SSSR count). The molecule has 0 heterocycles. The van der Waals surface area contributed by atoms with Crippen molar-refractivity contribution in [3.05, 3.63) is 59.7 Å². The van der Waals surface area contributed by atoms with Gasteiger partial charge in [0, 0.05) is 12.0 Å². The van der Waals surface area contributed by atoms with Crippen molar-refractivity contribution in [1.29, 1.82) is 5.26 Å². The van der Waals surface area contributed by atoms with Crippen LogP contribution in [0.1, 0.15) is 16.8 Å². The molecule has 0 amide bonds. The second-order valence-corrected chi connectivity index (χ2v) is 5.15. The molecule has 1 aliphatic carbocycles. The molecule has 0 spiro atoms. The number of nitrogens with two attached hydrogens (primary N) is 1. The van der Waals surface area contributed by atoms with E-state index in [1.54, 1.807) is 24.3 Å². The maximum atomic E-state index is 11.3. The van der Waals surface area contributed by atoms with Gasteiger partial charge in [0.1, 0.15) is 5.41 Å². The Labute approximate surface area is 150 Å². The van der Waals surface area contributed by atoms with E-state index in [9.17, 15) is 9.59 Å². The van der Waals surface area contributed by atoms with Crippen molar-refractivity contribution in [1.82, 2.24) is 0 Å². The first-order chi connectivity index (χ1) is 12.4. The van der Waals surface area contributed by atoms with E-state index in [1.807, 2.05) is 12.1 Å². The van der Waals surface area contributed by atoms with E-state index < -0.39 is 11.4 Å². The molecule has 0 bridgehead atoms. The number of carbonyl (C=O) groups is 2. The number of ether oxygens (including phenoxy) is 2. The molecule has 0 aliphatic heterocycles. The van der Waals surface area contributed by atoms with Crippen LogP contribution in [0.5, 0.6) is 0 Å². The Balaban J connectivity index is 0.000000289. The number of nitriles is 1. The van der Waals surface area contributed by atoms with E-state index in [0.717, 1.165) is 0 Å². The van der Waals surface area contributed by atoms with Gasteiger partial charge in [-0.05, 0) is 12.1 Å². The molecular formula is C18H19N3O5. The summed E-state index contributed by atoms with van der Waals surface area (Å²) >= 11 is 0. The fourth-order valence-corrected chi connectivity index (χ4v) is 2.11. The van der Waals surface area contributed by atoms with Gasteiger partial charge in [-0.15, -0.1) is 0 Å². The van der Waals surface area contributed by atoms with Crippen molar-refractivity contribution in [2.24, 2.45) is 16.3 Å². The number of rotatable bonds is 3. The number of benzene rings is 1. The molecule has 1 unspecified atom stereocenters. The molecule has 3 N–H and O–H groups in total. The summed E-state index contributed by atoms with van der Waals surface area (Å²) in [5, 5.41) is 20.5. The predicted molar refractivity (Wildman–Crippen MR) is 93.1 cm³/mol. The first kappa shape index (κ1) is 20.4. The fourth-order valence-electron chi connectivity index (χ4n) is 2.11. The second kappa shape index (κ2) is 9.64. The molecule has 1 aromatic carbocycles. The summed E-state index contributed by atoms with van der Waals surface area (Å²) in [5.74, 6) is -1.07. The topological polar surface area (TPSA) is 135 Å². The quantitative estimate of drug-likeness (QED) is 0.277. The third-order valence-corrected chi connectivity index (χ3v) is 3.55. The van der Waals surface area contributed by atoms with Gasteiger partial charge in [-0.3, -0.25) is 0 Å². The number of methoxy groups -OCH3 is 2. The van der Waals surface area contributed by atoms with Gasteiger partial charge < -0.3 is 20.4 Å². The van der Waals surface area contributed by atoms with Gasteiger partial charge in [0.25, 0.3) is 0 Å². The van der Waals surface area contributed by atoms with Crippen molar-refractivity contribution >= 4 is 17.8 Å². The number of hydrogen-bond donors (Lipinski definition) is 2. The van der Waals surface area contributed by atoms with Gasteiger partial charge in [0.2, 0.25) is 0 Å². The summed E-state index contributed by atoms with van der Waals surface area (Å²) in [5.41, 5.74) is 5.05. The van der Waals surface area contributed by atoms with Gasteiger partial charge >= 0.3 is 11.9 Å². The zero-order valence-corrected chi connectivity index (χ0v) is 14.4. The fraction of sp³-hybridized carbons (Fsp3) is 0.222. The van der Waals surface area contributed by atoms with Crippen LogP contribution in [0.4, 0.5) is 0 Å². The van der Waals surface area contributed by atoms with Gasteiger partial charge in [0.15, 0.2) is 5.84 Å². The lowest BCUT2D eigenvalue weighted by Gasteiger charge is -2.24. The minimum atomic E-state index is -1.28. The number of amidine groups is 1. The number of allylic oxidation sites excluding steroid dienone is 2. The maximum Gasteiger partial charge on any atom is 0.337 e. The summed E-state index contributed by atoms with van der Waals surface area (Å²) in [6.07, 6.45) is 4.56. The minimum Gasteiger partial charge on any atom is -0.466 e. The van der Waals surface area contributed by atoms with E-state index in [4.69, 9.17) is 16.2 Å². The Morgan fingerprint density at radius 3 is 2.35 bits per heavy atom. The van der Waals surface area contributed by atoms with Crippen LogP contribution < -0.4 is 5.73 Å². The average molecular weight is 357 g/mol. The zero-order chi connectivity index (χ0) is 19.6. The van der Waals surface area contributed by atoms with Crippen LogP contribution in [-0.4, -0.2) is 37.2 Å². The third-order valence-electron chi connectivity index (χ3n) is 3.55. The number of hydrogen-bond acceptors (Lipinski definition) is 7. The molecular weight excluding hydrogens is 338 g/mol. The Hall–Kier alpha value is -3.60. The smallest absolute Gasteiger partial charge is 0.337 e. The Morgan fingerprint density at radius 2 is 1.85 bits per heavy atom. The highest BCUT2D eigenvalue weighted by Crippen LogP contribution is 2.31. The van der Waals surface area contributed by atoms with Crippen molar-refractivity contribution in [3.63, 3.8) is 0 Å². The van der Waals surface area contributed by atoms with E-state index in [2.05, 4.69) is 14.6 Å². The summed E-state index contributed by atoms with van der Waals surface area (Å²) in [7, 11) is 2.62. The Kier molecular flexibility index (Phi) is 7.58. The number of esters is 2. The molecule has 26 heavy (non-hydrogen) atoms. The highest BCUT2D eigenvalue weighted by Gasteiger charge is 2.37. The molecule has 1 atom stereocenters. The molecule has 1 aliphatic rings. The lowest BCUT2D eigenvalue weighted by Crippen LogP contribution is -2.36. The SMILES string of the molecule is COC(=O)C1=CC=CC(C#N)(C(N)=NO)C1.COC(=O)c1ccccc1. The normalized spacial score (nSPS) is 18.5. The van der Waals surface area contributed by atoms with Crippen molar-refractivity contribution in [3.8, 4) is 6.07 Å². The van der Waals surface area contributed by atoms with Crippen LogP contribution in [0, 0.1) is 16.7 Å². The van der Waals surface area contributed by atoms with Gasteiger partial charge in [-0.1, -0.05) is 41.6 Å². The standard InChI is InChI=1S/C10H11N3O3.C8H8O2/c1-16-8(14)7-3-2-4-10(5-7,6-11)9(12)13-15;1-10-8(9)7-5-3-2-4-6-7/h2-4,15H,5H2,1H3,(H2,12,13);2-6H,1H3. The zero-order valence-electron chi connectivity index (χ0n) is 14.4. The van der Waals surface area contributed by atoms with Crippen LogP contribution in [-0.2, 0) is 14.3 Å². The molecule has 0 saturated heterocycles. The summed E-state index contributed by atoms with van der Waals surface area (Å²) in [4.78, 5) is 22.1. The maximum absolute atomic E-state index is 11.3. The molecule has 0 aromatic heterocycles.